The topological polar surface area (TPSA) is 93.5 Å². The minimum Gasteiger partial charge on any atom is -0.274 e. The number of aromatic amines is 1. The predicted octanol–water partition coefficient (Wildman–Crippen LogP) is 0.172. The molecule has 0 aromatic carbocycles. The molecule has 1 N–H and O–H groups in total. The van der Waals surface area contributed by atoms with Crippen molar-refractivity contribution in [2.45, 2.75) is 6.92 Å². The molecule has 0 bridgehead atoms. The van der Waals surface area contributed by atoms with E-state index in [-0.39, 0.29) is 0 Å². The average Bonchev–Trinajstić information content (AvgIpc) is 2.38. The second-order valence-corrected chi connectivity index (χ2v) is 3.96. The van der Waals surface area contributed by atoms with Gasteiger partial charge in [0.15, 0.2) is 11.5 Å². The molecule has 3 rings (SSSR count). The van der Waals surface area contributed by atoms with Crippen LogP contribution in [-0.4, -0.2) is 24.5 Å². The van der Waals surface area contributed by atoms with E-state index >= 15 is 0 Å². The molecule has 3 aromatic heterocycles. The molecule has 7 heteroatoms. The fourth-order valence-corrected chi connectivity index (χ4v) is 1.78. The second-order valence-electron chi connectivity index (χ2n) is 3.96. The van der Waals surface area contributed by atoms with Gasteiger partial charge in [0.2, 0.25) is 0 Å². The molecular formula is C12H9N5O2. The first-order valence-electron chi connectivity index (χ1n) is 5.57. The van der Waals surface area contributed by atoms with E-state index in [1.807, 2.05) is 0 Å². The Bertz CT molecular complexity index is 881. The van der Waals surface area contributed by atoms with Gasteiger partial charge in [0, 0.05) is 18.5 Å². The molecule has 0 spiro atoms. The molecule has 0 atom stereocenters. The van der Waals surface area contributed by atoms with Crippen molar-refractivity contribution in [3.8, 4) is 5.82 Å². The van der Waals surface area contributed by atoms with Gasteiger partial charge >= 0.3 is 5.69 Å². The van der Waals surface area contributed by atoms with Crippen LogP contribution >= 0.6 is 0 Å². The van der Waals surface area contributed by atoms with Gasteiger partial charge in [0.1, 0.15) is 5.52 Å². The Labute approximate surface area is 106 Å². The van der Waals surface area contributed by atoms with Crippen molar-refractivity contribution in [1.82, 2.24) is 24.5 Å². The Kier molecular flexibility index (Phi) is 2.45. The monoisotopic (exact) mass is 255 g/mol. The minimum atomic E-state index is -0.548. The largest absolute Gasteiger partial charge is 0.334 e. The zero-order valence-corrected chi connectivity index (χ0v) is 9.99. The Balaban J connectivity index is 2.33. The maximum atomic E-state index is 11.8. The van der Waals surface area contributed by atoms with Crippen LogP contribution in [0.2, 0.25) is 0 Å². The highest BCUT2D eigenvalue weighted by atomic mass is 16.2. The van der Waals surface area contributed by atoms with Crippen LogP contribution in [0.3, 0.4) is 0 Å². The van der Waals surface area contributed by atoms with Crippen molar-refractivity contribution in [3.05, 3.63) is 57.1 Å². The van der Waals surface area contributed by atoms with Crippen LogP contribution in [0.5, 0.6) is 0 Å². The lowest BCUT2D eigenvalue weighted by Crippen LogP contribution is -2.28. The summed E-state index contributed by atoms with van der Waals surface area (Å²) >= 11 is 0. The number of H-pyrrole nitrogens is 1. The molecule has 0 aliphatic carbocycles. The molecule has 7 nitrogen and oxygen atoms in total. The summed E-state index contributed by atoms with van der Waals surface area (Å²) in [7, 11) is 0. The molecule has 0 aliphatic heterocycles. The number of nitrogens with one attached hydrogen (secondary N) is 1. The Hall–Kier alpha value is -2.83. The molecule has 0 unspecified atom stereocenters. The Morgan fingerprint density at radius 1 is 1.21 bits per heavy atom. The first-order chi connectivity index (χ1) is 9.15. The van der Waals surface area contributed by atoms with Crippen LogP contribution in [0, 0.1) is 6.92 Å². The van der Waals surface area contributed by atoms with Crippen LogP contribution in [0.4, 0.5) is 0 Å². The third-order valence-corrected chi connectivity index (χ3v) is 2.64. The van der Waals surface area contributed by atoms with Crippen LogP contribution < -0.4 is 11.2 Å². The van der Waals surface area contributed by atoms with E-state index in [1.54, 1.807) is 25.3 Å². The number of rotatable bonds is 1. The highest BCUT2D eigenvalue weighted by Crippen LogP contribution is 2.11. The molecule has 0 fully saturated rings. The summed E-state index contributed by atoms with van der Waals surface area (Å²) in [4.78, 5) is 37.7. The third-order valence-electron chi connectivity index (χ3n) is 2.64. The average molecular weight is 255 g/mol. The molecule has 19 heavy (non-hydrogen) atoms. The minimum absolute atomic E-state index is 0.377. The lowest BCUT2D eigenvalue weighted by Gasteiger charge is -2.07. The van der Waals surface area contributed by atoms with Gasteiger partial charge < -0.3 is 0 Å². The molecule has 0 saturated carbocycles. The van der Waals surface area contributed by atoms with E-state index in [0.717, 1.165) is 0 Å². The molecule has 0 amide bonds. The smallest absolute Gasteiger partial charge is 0.274 e. The predicted molar refractivity (Wildman–Crippen MR) is 68.3 cm³/mol. The van der Waals surface area contributed by atoms with E-state index in [0.29, 0.717) is 22.7 Å². The van der Waals surface area contributed by atoms with Gasteiger partial charge in [0.25, 0.3) is 5.56 Å². The van der Waals surface area contributed by atoms with E-state index < -0.39 is 11.2 Å². The molecule has 0 saturated heterocycles. The van der Waals surface area contributed by atoms with Gasteiger partial charge in [-0.25, -0.2) is 19.7 Å². The summed E-state index contributed by atoms with van der Waals surface area (Å²) in [5, 5.41) is 0. The highest BCUT2D eigenvalue weighted by Gasteiger charge is 2.09. The number of fused-ring (bicyclic) bond motifs is 1. The number of nitrogens with zero attached hydrogens (tertiary/aromatic N) is 4. The molecule has 3 heterocycles. The molecule has 3 aromatic rings. The summed E-state index contributed by atoms with van der Waals surface area (Å²) < 4.78 is 1.25. The van der Waals surface area contributed by atoms with Crippen molar-refractivity contribution in [2.75, 3.05) is 0 Å². The number of aryl methyl sites for hydroxylation is 1. The summed E-state index contributed by atoms with van der Waals surface area (Å²) in [5.74, 6) is 0.377. The third kappa shape index (κ3) is 1.90. The molecular weight excluding hydrogens is 246 g/mol. The molecule has 0 aliphatic rings. The number of hydrogen-bond acceptors (Lipinski definition) is 5. The standard InChI is InChI=1S/C12H9N5O2/c1-7-11(17-6-4-9(18)16-12(17)19)15-8-3-2-5-13-10(8)14-7/h2-6H,1H3,(H,16,18,19). The maximum Gasteiger partial charge on any atom is 0.334 e. The summed E-state index contributed by atoms with van der Waals surface area (Å²) in [5.41, 5.74) is 0.658. The van der Waals surface area contributed by atoms with E-state index in [9.17, 15) is 9.59 Å². The molecule has 94 valence electrons. The lowest BCUT2D eigenvalue weighted by atomic mass is 10.3. The van der Waals surface area contributed by atoms with E-state index in [1.165, 1.54) is 16.8 Å². The van der Waals surface area contributed by atoms with Crippen LogP contribution in [-0.2, 0) is 0 Å². The quantitative estimate of drug-likeness (QED) is 0.669. The summed E-state index contributed by atoms with van der Waals surface area (Å²) in [6, 6.07) is 4.76. The van der Waals surface area contributed by atoms with Crippen molar-refractivity contribution in [2.24, 2.45) is 0 Å². The number of hydrogen-bond donors (Lipinski definition) is 1. The van der Waals surface area contributed by atoms with Gasteiger partial charge in [-0.1, -0.05) is 0 Å². The Morgan fingerprint density at radius 3 is 2.84 bits per heavy atom. The van der Waals surface area contributed by atoms with Crippen LogP contribution in [0.25, 0.3) is 17.0 Å². The van der Waals surface area contributed by atoms with Crippen molar-refractivity contribution in [3.63, 3.8) is 0 Å². The van der Waals surface area contributed by atoms with Crippen LogP contribution in [0.15, 0.2) is 40.2 Å². The second kappa shape index (κ2) is 4.13. The van der Waals surface area contributed by atoms with Gasteiger partial charge in [-0.05, 0) is 19.1 Å². The SMILES string of the molecule is Cc1nc2ncccc2nc1-n1ccc(=O)[nH]c1=O. The van der Waals surface area contributed by atoms with Crippen molar-refractivity contribution in [1.29, 1.82) is 0 Å². The summed E-state index contributed by atoms with van der Waals surface area (Å²) in [6.07, 6.45) is 3.00. The zero-order valence-electron chi connectivity index (χ0n) is 9.99. The number of aromatic nitrogens is 5. The number of pyridine rings is 1. The van der Waals surface area contributed by atoms with Gasteiger partial charge in [0.05, 0.1) is 5.69 Å². The first-order valence-corrected chi connectivity index (χ1v) is 5.57. The van der Waals surface area contributed by atoms with Crippen molar-refractivity contribution < 1.29 is 0 Å². The first kappa shape index (κ1) is 11.3. The van der Waals surface area contributed by atoms with E-state index in [4.69, 9.17) is 0 Å². The van der Waals surface area contributed by atoms with Gasteiger partial charge in [-0.15, -0.1) is 0 Å². The van der Waals surface area contributed by atoms with E-state index in [2.05, 4.69) is 19.9 Å². The van der Waals surface area contributed by atoms with Gasteiger partial charge in [-0.2, -0.15) is 0 Å². The van der Waals surface area contributed by atoms with Crippen molar-refractivity contribution >= 4 is 11.2 Å². The van der Waals surface area contributed by atoms with Crippen LogP contribution in [0.1, 0.15) is 5.69 Å². The highest BCUT2D eigenvalue weighted by molar-refractivity contribution is 5.70. The summed E-state index contributed by atoms with van der Waals surface area (Å²) in [6.45, 7) is 1.73. The lowest BCUT2D eigenvalue weighted by molar-refractivity contribution is 0.853. The Morgan fingerprint density at radius 2 is 2.05 bits per heavy atom. The maximum absolute atomic E-state index is 11.8. The van der Waals surface area contributed by atoms with Gasteiger partial charge in [-0.3, -0.25) is 14.3 Å². The fraction of sp³-hybridized carbons (Fsp3) is 0.0833. The zero-order chi connectivity index (χ0) is 13.4. The normalized spacial score (nSPS) is 10.8. The molecule has 0 radical (unpaired) electrons. The fourth-order valence-electron chi connectivity index (χ4n) is 1.78.